The van der Waals surface area contributed by atoms with E-state index in [1.54, 1.807) is 18.2 Å². The average Bonchev–Trinajstić information content (AvgIpc) is 2.87. The van der Waals surface area contributed by atoms with Gasteiger partial charge in [0.05, 0.1) is 27.0 Å². The number of benzene rings is 3. The summed E-state index contributed by atoms with van der Waals surface area (Å²) in [6.45, 7) is 2.96. The lowest BCUT2D eigenvalue weighted by atomic mass is 10.0. The molecule has 0 aromatic heterocycles. The summed E-state index contributed by atoms with van der Waals surface area (Å²) in [5.41, 5.74) is 1.46. The van der Waals surface area contributed by atoms with Gasteiger partial charge in [-0.1, -0.05) is 82.8 Å². The number of carbonyl (C=O) groups excluding carboxylic acids is 2. The van der Waals surface area contributed by atoms with Gasteiger partial charge in [0.2, 0.25) is 21.8 Å². The molecule has 7 nitrogen and oxygen atoms in total. The molecule has 0 fully saturated rings. The summed E-state index contributed by atoms with van der Waals surface area (Å²) in [5, 5.41) is 3.84. The average molecular weight is 645 g/mol. The van der Waals surface area contributed by atoms with E-state index >= 15 is 0 Å². The largest absolute Gasteiger partial charge is 0.352 e. The van der Waals surface area contributed by atoms with E-state index in [2.05, 4.69) is 5.32 Å². The Kier molecular flexibility index (Phi) is 11.1. The van der Waals surface area contributed by atoms with Crippen molar-refractivity contribution in [3.8, 4) is 0 Å². The van der Waals surface area contributed by atoms with Crippen molar-refractivity contribution in [2.75, 3.05) is 17.1 Å². The minimum atomic E-state index is -3.99. The molecule has 0 aliphatic heterocycles. The van der Waals surface area contributed by atoms with Gasteiger partial charge in [-0.05, 0) is 55.3 Å². The highest BCUT2D eigenvalue weighted by molar-refractivity contribution is 7.92. The first kappa shape index (κ1) is 32.0. The molecule has 0 aliphatic carbocycles. The molecule has 0 heterocycles. The number of rotatable bonds is 11. The number of anilines is 1. The van der Waals surface area contributed by atoms with Crippen molar-refractivity contribution in [2.24, 2.45) is 0 Å². The van der Waals surface area contributed by atoms with Gasteiger partial charge in [-0.25, -0.2) is 8.42 Å². The van der Waals surface area contributed by atoms with Gasteiger partial charge in [0.25, 0.3) is 0 Å². The first-order valence-corrected chi connectivity index (χ1v) is 15.6. The number of nitrogens with zero attached hydrogens (tertiary/aromatic N) is 2. The summed E-state index contributed by atoms with van der Waals surface area (Å²) in [5.74, 6) is -1.02. The van der Waals surface area contributed by atoms with Gasteiger partial charge in [0, 0.05) is 24.0 Å². The van der Waals surface area contributed by atoms with Crippen LogP contribution in [0.3, 0.4) is 0 Å². The molecule has 40 heavy (non-hydrogen) atoms. The van der Waals surface area contributed by atoms with E-state index < -0.39 is 28.5 Å². The SMILES string of the molecule is CC(C)NC(=O)C(Cc1ccccc1)N(Cc1ccc(Cl)c(Cl)c1)C(=O)CN(c1cc(Cl)ccc1Cl)S(C)(=O)=O. The maximum Gasteiger partial charge on any atom is 0.244 e. The van der Waals surface area contributed by atoms with Crippen LogP contribution in [0.1, 0.15) is 25.0 Å². The molecule has 0 saturated heterocycles. The van der Waals surface area contributed by atoms with Crippen molar-refractivity contribution < 1.29 is 18.0 Å². The first-order valence-electron chi connectivity index (χ1n) is 12.3. The second-order valence-corrected chi connectivity index (χ2v) is 13.1. The Bertz CT molecular complexity index is 1470. The third-order valence-corrected chi connectivity index (χ3v) is 8.32. The molecule has 3 aromatic carbocycles. The maximum absolute atomic E-state index is 14.1. The molecule has 0 saturated carbocycles. The molecule has 0 radical (unpaired) electrons. The molecule has 214 valence electrons. The monoisotopic (exact) mass is 643 g/mol. The van der Waals surface area contributed by atoms with Gasteiger partial charge < -0.3 is 10.2 Å². The highest BCUT2D eigenvalue weighted by atomic mass is 35.5. The minimum Gasteiger partial charge on any atom is -0.352 e. The fraction of sp³-hybridized carbons (Fsp3) is 0.286. The minimum absolute atomic E-state index is 0.0420. The zero-order valence-corrected chi connectivity index (χ0v) is 25.9. The van der Waals surface area contributed by atoms with Crippen LogP contribution in [0.5, 0.6) is 0 Å². The van der Waals surface area contributed by atoms with Crippen molar-refractivity contribution >= 4 is 73.9 Å². The Balaban J connectivity index is 2.10. The summed E-state index contributed by atoms with van der Waals surface area (Å²) in [6.07, 6.45) is 1.15. The topological polar surface area (TPSA) is 86.8 Å². The van der Waals surface area contributed by atoms with Crippen LogP contribution in [0.15, 0.2) is 66.7 Å². The Morgan fingerprint density at radius 1 is 0.850 bits per heavy atom. The standard InChI is InChI=1S/C28H29Cl4N3O4S/c1-18(2)33-28(37)26(14-19-7-5-4-6-8-19)34(16-20-9-11-22(30)24(32)13-20)27(36)17-35(40(3,38)39)25-15-21(29)10-12-23(25)31/h4-13,15,18,26H,14,16-17H2,1-3H3,(H,33,37). The molecular weight excluding hydrogens is 616 g/mol. The van der Waals surface area contributed by atoms with Gasteiger partial charge in [-0.15, -0.1) is 0 Å². The van der Waals surface area contributed by atoms with Crippen LogP contribution in [-0.4, -0.2) is 50.0 Å². The molecule has 3 aromatic rings. The smallest absolute Gasteiger partial charge is 0.244 e. The molecule has 1 atom stereocenters. The molecule has 0 bridgehead atoms. The normalized spacial score (nSPS) is 12.2. The van der Waals surface area contributed by atoms with E-state index in [1.807, 2.05) is 44.2 Å². The van der Waals surface area contributed by atoms with E-state index in [0.717, 1.165) is 16.1 Å². The molecule has 0 spiro atoms. The Labute approximate surface area is 255 Å². The number of amides is 2. The number of hydrogen-bond donors (Lipinski definition) is 1. The highest BCUT2D eigenvalue weighted by Crippen LogP contribution is 2.31. The lowest BCUT2D eigenvalue weighted by Crippen LogP contribution is -2.54. The van der Waals surface area contributed by atoms with E-state index in [4.69, 9.17) is 46.4 Å². The zero-order valence-electron chi connectivity index (χ0n) is 22.1. The fourth-order valence-corrected chi connectivity index (χ4v) is 5.65. The summed E-state index contributed by atoms with van der Waals surface area (Å²) < 4.78 is 26.6. The third kappa shape index (κ3) is 8.75. The number of nitrogens with one attached hydrogen (secondary N) is 1. The number of hydrogen-bond acceptors (Lipinski definition) is 4. The van der Waals surface area contributed by atoms with Crippen molar-refractivity contribution in [3.05, 3.63) is 97.9 Å². The molecule has 2 amide bonds. The van der Waals surface area contributed by atoms with E-state index in [0.29, 0.717) is 10.6 Å². The van der Waals surface area contributed by atoms with E-state index in [-0.39, 0.29) is 45.7 Å². The van der Waals surface area contributed by atoms with Crippen molar-refractivity contribution in [1.29, 1.82) is 0 Å². The fourth-order valence-electron chi connectivity index (χ4n) is 4.04. The molecular formula is C28H29Cl4N3O4S. The van der Waals surface area contributed by atoms with Crippen LogP contribution in [0.2, 0.25) is 20.1 Å². The highest BCUT2D eigenvalue weighted by Gasteiger charge is 2.33. The summed E-state index contributed by atoms with van der Waals surface area (Å²) in [7, 11) is -3.99. The summed E-state index contributed by atoms with van der Waals surface area (Å²) in [6, 6.07) is 17.3. The van der Waals surface area contributed by atoms with Crippen molar-refractivity contribution in [1.82, 2.24) is 10.2 Å². The Hall–Kier alpha value is -2.49. The van der Waals surface area contributed by atoms with Gasteiger partial charge in [-0.3, -0.25) is 13.9 Å². The quantitative estimate of drug-likeness (QED) is 0.268. The molecule has 0 aliphatic rings. The number of sulfonamides is 1. The van der Waals surface area contributed by atoms with Crippen LogP contribution in [0.4, 0.5) is 5.69 Å². The predicted octanol–water partition coefficient (Wildman–Crippen LogP) is 6.23. The van der Waals surface area contributed by atoms with Crippen LogP contribution in [0, 0.1) is 0 Å². The number of halogens is 4. The number of carbonyl (C=O) groups is 2. The van der Waals surface area contributed by atoms with Crippen molar-refractivity contribution in [2.45, 2.75) is 38.9 Å². The van der Waals surface area contributed by atoms with Crippen LogP contribution < -0.4 is 9.62 Å². The van der Waals surface area contributed by atoms with Gasteiger partial charge >= 0.3 is 0 Å². The van der Waals surface area contributed by atoms with E-state index in [9.17, 15) is 18.0 Å². The van der Waals surface area contributed by atoms with Crippen LogP contribution in [0.25, 0.3) is 0 Å². The lowest BCUT2D eigenvalue weighted by molar-refractivity contribution is -0.140. The molecule has 3 rings (SSSR count). The molecule has 12 heteroatoms. The zero-order chi connectivity index (χ0) is 29.6. The maximum atomic E-state index is 14.1. The second kappa shape index (κ2) is 13.9. The molecule has 1 N–H and O–H groups in total. The first-order chi connectivity index (χ1) is 18.8. The van der Waals surface area contributed by atoms with Gasteiger partial charge in [0.1, 0.15) is 12.6 Å². The van der Waals surface area contributed by atoms with Crippen LogP contribution >= 0.6 is 46.4 Å². The van der Waals surface area contributed by atoms with Crippen LogP contribution in [-0.2, 0) is 32.6 Å². The predicted molar refractivity (Wildman–Crippen MR) is 163 cm³/mol. The van der Waals surface area contributed by atoms with Crippen molar-refractivity contribution in [3.63, 3.8) is 0 Å². The van der Waals surface area contributed by atoms with Gasteiger partial charge in [-0.2, -0.15) is 0 Å². The van der Waals surface area contributed by atoms with E-state index in [1.165, 1.54) is 23.1 Å². The second-order valence-electron chi connectivity index (χ2n) is 9.50. The Morgan fingerprint density at radius 3 is 2.10 bits per heavy atom. The Morgan fingerprint density at radius 2 is 1.50 bits per heavy atom. The van der Waals surface area contributed by atoms with Gasteiger partial charge in [0.15, 0.2) is 0 Å². The molecule has 1 unspecified atom stereocenters. The lowest BCUT2D eigenvalue weighted by Gasteiger charge is -2.34. The summed E-state index contributed by atoms with van der Waals surface area (Å²) >= 11 is 24.8. The third-order valence-electron chi connectivity index (χ3n) is 5.90. The summed E-state index contributed by atoms with van der Waals surface area (Å²) in [4.78, 5) is 28.9.